The molecule has 2 atom stereocenters. The number of hydrogen-bond donors (Lipinski definition) is 2. The fraction of sp³-hybridized carbons (Fsp3) is 0.500. The van der Waals surface area contributed by atoms with Gasteiger partial charge < -0.3 is 15.2 Å². The van der Waals surface area contributed by atoms with Crippen molar-refractivity contribution in [2.45, 2.75) is 38.3 Å². The summed E-state index contributed by atoms with van der Waals surface area (Å²) in [6.45, 7) is 2.52. The van der Waals surface area contributed by atoms with E-state index < -0.39 is 6.04 Å². The lowest BCUT2D eigenvalue weighted by Gasteiger charge is -2.18. The number of carbonyl (C=O) groups is 2. The zero-order valence-corrected chi connectivity index (χ0v) is 12.7. The van der Waals surface area contributed by atoms with Gasteiger partial charge in [0.05, 0.1) is 6.54 Å². The van der Waals surface area contributed by atoms with Gasteiger partial charge in [0.25, 0.3) is 0 Å². The molecule has 0 saturated carbocycles. The van der Waals surface area contributed by atoms with E-state index >= 15 is 0 Å². The maximum absolute atomic E-state index is 12.1. The Hall–Kier alpha value is -2.71. The van der Waals surface area contributed by atoms with E-state index in [2.05, 4.69) is 25.9 Å². The quantitative estimate of drug-likeness (QED) is 0.810. The SMILES string of the molecule is CC(C(=O)NCc1nc(C2CCNC(=O)C2)no1)n1cccn1. The zero-order chi connectivity index (χ0) is 16.2. The second kappa shape index (κ2) is 6.59. The van der Waals surface area contributed by atoms with Crippen molar-refractivity contribution in [3.8, 4) is 0 Å². The van der Waals surface area contributed by atoms with Crippen LogP contribution in [0.1, 0.15) is 43.4 Å². The molecule has 3 heterocycles. The van der Waals surface area contributed by atoms with Gasteiger partial charge in [0.15, 0.2) is 5.82 Å². The Morgan fingerprint density at radius 3 is 3.22 bits per heavy atom. The Morgan fingerprint density at radius 2 is 2.48 bits per heavy atom. The monoisotopic (exact) mass is 318 g/mol. The molecule has 0 aromatic carbocycles. The van der Waals surface area contributed by atoms with Gasteiger partial charge in [-0.1, -0.05) is 5.16 Å². The van der Waals surface area contributed by atoms with Crippen LogP contribution in [0.5, 0.6) is 0 Å². The minimum absolute atomic E-state index is 0.00560. The Labute approximate surface area is 132 Å². The minimum Gasteiger partial charge on any atom is -0.356 e. The lowest BCUT2D eigenvalue weighted by Crippen LogP contribution is -2.33. The maximum Gasteiger partial charge on any atom is 0.246 e. The summed E-state index contributed by atoms with van der Waals surface area (Å²) in [4.78, 5) is 27.7. The zero-order valence-electron chi connectivity index (χ0n) is 12.7. The summed E-state index contributed by atoms with van der Waals surface area (Å²) in [5.74, 6) is 0.621. The highest BCUT2D eigenvalue weighted by atomic mass is 16.5. The summed E-state index contributed by atoms with van der Waals surface area (Å²) in [6.07, 6.45) is 4.49. The number of hydrogen-bond acceptors (Lipinski definition) is 6. The third-order valence-corrected chi connectivity index (χ3v) is 3.81. The van der Waals surface area contributed by atoms with Crippen molar-refractivity contribution in [2.75, 3.05) is 6.54 Å². The first-order chi connectivity index (χ1) is 11.1. The molecule has 0 bridgehead atoms. The van der Waals surface area contributed by atoms with Crippen molar-refractivity contribution in [3.63, 3.8) is 0 Å². The van der Waals surface area contributed by atoms with Crippen molar-refractivity contribution in [1.29, 1.82) is 0 Å². The molecule has 3 rings (SSSR count). The molecule has 2 aromatic heterocycles. The fourth-order valence-corrected chi connectivity index (χ4v) is 2.45. The van der Waals surface area contributed by atoms with Crippen molar-refractivity contribution < 1.29 is 14.1 Å². The summed E-state index contributed by atoms with van der Waals surface area (Å²) in [5.41, 5.74) is 0. The van der Waals surface area contributed by atoms with E-state index in [1.165, 1.54) is 0 Å². The van der Waals surface area contributed by atoms with Gasteiger partial charge >= 0.3 is 0 Å². The van der Waals surface area contributed by atoms with Gasteiger partial charge in [-0.3, -0.25) is 14.3 Å². The van der Waals surface area contributed by atoms with Gasteiger partial charge in [0, 0.05) is 31.3 Å². The van der Waals surface area contributed by atoms with E-state index in [1.54, 1.807) is 30.1 Å². The summed E-state index contributed by atoms with van der Waals surface area (Å²) >= 11 is 0. The third kappa shape index (κ3) is 3.55. The molecule has 1 saturated heterocycles. The van der Waals surface area contributed by atoms with Crippen LogP contribution in [0, 0.1) is 0 Å². The number of aromatic nitrogens is 4. The maximum atomic E-state index is 12.1. The fourth-order valence-electron chi connectivity index (χ4n) is 2.45. The van der Waals surface area contributed by atoms with Crippen molar-refractivity contribution >= 4 is 11.8 Å². The smallest absolute Gasteiger partial charge is 0.246 e. The van der Waals surface area contributed by atoms with E-state index in [-0.39, 0.29) is 24.3 Å². The highest BCUT2D eigenvalue weighted by molar-refractivity contribution is 5.79. The number of rotatable bonds is 5. The number of amides is 2. The number of carbonyl (C=O) groups excluding carboxylic acids is 2. The Morgan fingerprint density at radius 1 is 1.61 bits per heavy atom. The summed E-state index contributed by atoms with van der Waals surface area (Å²) in [6, 6.07) is 1.34. The minimum atomic E-state index is -0.422. The molecule has 2 N–H and O–H groups in total. The van der Waals surface area contributed by atoms with Gasteiger partial charge in [0.1, 0.15) is 6.04 Å². The van der Waals surface area contributed by atoms with E-state index in [4.69, 9.17) is 4.52 Å². The predicted octanol–water partition coefficient (Wildman–Crippen LogP) is 0.137. The molecule has 1 fully saturated rings. The van der Waals surface area contributed by atoms with Gasteiger partial charge in [0.2, 0.25) is 17.7 Å². The summed E-state index contributed by atoms with van der Waals surface area (Å²) in [5, 5.41) is 13.4. The first kappa shape index (κ1) is 15.2. The topological polar surface area (TPSA) is 115 Å². The second-order valence-electron chi connectivity index (χ2n) is 5.47. The predicted molar refractivity (Wildman–Crippen MR) is 78.1 cm³/mol. The van der Waals surface area contributed by atoms with Crippen LogP contribution in [-0.2, 0) is 16.1 Å². The molecular formula is C14H18N6O3. The molecule has 2 unspecified atom stereocenters. The largest absolute Gasteiger partial charge is 0.356 e. The first-order valence-corrected chi connectivity index (χ1v) is 7.49. The second-order valence-corrected chi connectivity index (χ2v) is 5.47. The molecule has 9 nitrogen and oxygen atoms in total. The van der Waals surface area contributed by atoms with Crippen LogP contribution in [0.2, 0.25) is 0 Å². The molecular weight excluding hydrogens is 300 g/mol. The normalized spacial score (nSPS) is 19.2. The lowest BCUT2D eigenvalue weighted by atomic mass is 9.97. The van der Waals surface area contributed by atoms with Crippen LogP contribution in [0.15, 0.2) is 23.0 Å². The highest BCUT2D eigenvalue weighted by Crippen LogP contribution is 2.22. The molecule has 9 heteroatoms. The first-order valence-electron chi connectivity index (χ1n) is 7.49. The molecule has 2 aromatic rings. The molecule has 0 aliphatic carbocycles. The molecule has 0 spiro atoms. The van der Waals surface area contributed by atoms with Gasteiger partial charge in [-0.05, 0) is 19.4 Å². The van der Waals surface area contributed by atoms with Gasteiger partial charge in [-0.2, -0.15) is 10.1 Å². The molecule has 0 radical (unpaired) electrons. The van der Waals surface area contributed by atoms with Crippen molar-refractivity contribution in [3.05, 3.63) is 30.2 Å². The van der Waals surface area contributed by atoms with E-state index in [1.807, 2.05) is 0 Å². The average Bonchev–Trinajstić information content (AvgIpc) is 3.23. The van der Waals surface area contributed by atoms with Crippen LogP contribution in [0.4, 0.5) is 0 Å². The van der Waals surface area contributed by atoms with Crippen LogP contribution >= 0.6 is 0 Å². The average molecular weight is 318 g/mol. The van der Waals surface area contributed by atoms with E-state index in [0.717, 1.165) is 6.42 Å². The highest BCUT2D eigenvalue weighted by Gasteiger charge is 2.25. The molecule has 23 heavy (non-hydrogen) atoms. The van der Waals surface area contributed by atoms with Crippen LogP contribution in [0.25, 0.3) is 0 Å². The lowest BCUT2D eigenvalue weighted by molar-refractivity contribution is -0.124. The van der Waals surface area contributed by atoms with Gasteiger partial charge in [-0.15, -0.1) is 0 Å². The molecule has 2 amide bonds. The Balaban J connectivity index is 1.55. The van der Waals surface area contributed by atoms with Gasteiger partial charge in [-0.25, -0.2) is 0 Å². The number of nitrogens with one attached hydrogen (secondary N) is 2. The van der Waals surface area contributed by atoms with Crippen molar-refractivity contribution in [1.82, 2.24) is 30.6 Å². The number of piperidine rings is 1. The third-order valence-electron chi connectivity index (χ3n) is 3.81. The van der Waals surface area contributed by atoms with Crippen LogP contribution < -0.4 is 10.6 Å². The van der Waals surface area contributed by atoms with Crippen LogP contribution in [-0.4, -0.2) is 38.3 Å². The molecule has 122 valence electrons. The van der Waals surface area contributed by atoms with E-state index in [9.17, 15) is 9.59 Å². The van der Waals surface area contributed by atoms with Crippen molar-refractivity contribution in [2.24, 2.45) is 0 Å². The van der Waals surface area contributed by atoms with Crippen LogP contribution in [0.3, 0.4) is 0 Å². The number of nitrogens with zero attached hydrogens (tertiary/aromatic N) is 4. The summed E-state index contributed by atoms with van der Waals surface area (Å²) < 4.78 is 6.71. The van der Waals surface area contributed by atoms with E-state index in [0.29, 0.717) is 24.7 Å². The molecule has 1 aliphatic heterocycles. The Kier molecular flexibility index (Phi) is 4.35. The Bertz CT molecular complexity index is 681. The molecule has 1 aliphatic rings. The standard InChI is InChI=1S/C14H18N6O3/c1-9(20-6-2-4-17-20)14(22)16-8-12-18-13(19-23-12)10-3-5-15-11(21)7-10/h2,4,6,9-10H,3,5,7-8H2,1H3,(H,15,21)(H,16,22). The summed E-state index contributed by atoms with van der Waals surface area (Å²) in [7, 11) is 0.